The maximum atomic E-state index is 11.9. The first-order valence-electron chi connectivity index (χ1n) is 5.56. The summed E-state index contributed by atoms with van der Waals surface area (Å²) >= 11 is 0. The third kappa shape index (κ3) is 4.34. The first-order valence-corrected chi connectivity index (χ1v) is 7.05. The predicted octanol–water partition coefficient (Wildman–Crippen LogP) is 0.277. The lowest BCUT2D eigenvalue weighted by molar-refractivity contribution is 0.188. The van der Waals surface area contributed by atoms with Crippen molar-refractivity contribution in [1.82, 2.24) is 9.71 Å². The van der Waals surface area contributed by atoms with Gasteiger partial charge in [0.05, 0.1) is 6.61 Å². The second kappa shape index (κ2) is 6.79. The number of hydrogen-bond acceptors (Lipinski definition) is 5. The highest BCUT2D eigenvalue weighted by atomic mass is 32.2. The summed E-state index contributed by atoms with van der Waals surface area (Å²) in [6.07, 6.45) is 1.93. The van der Waals surface area contributed by atoms with Gasteiger partial charge in [0.1, 0.15) is 0 Å². The first kappa shape index (κ1) is 15.0. The van der Waals surface area contributed by atoms with E-state index in [0.717, 1.165) is 0 Å². The number of hydrogen-bond donors (Lipinski definition) is 2. The Labute approximate surface area is 107 Å². The molecular weight excluding hydrogens is 256 g/mol. The van der Waals surface area contributed by atoms with E-state index in [1.165, 1.54) is 18.3 Å². The number of aliphatic hydroxyl groups is 1. The van der Waals surface area contributed by atoms with Gasteiger partial charge in [0.25, 0.3) is 10.0 Å². The molecule has 6 nitrogen and oxygen atoms in total. The Morgan fingerprint density at radius 1 is 1.50 bits per heavy atom. The molecule has 2 N–H and O–H groups in total. The zero-order chi connectivity index (χ0) is 13.6. The van der Waals surface area contributed by atoms with Crippen molar-refractivity contribution in [2.24, 2.45) is 0 Å². The van der Waals surface area contributed by atoms with Crippen LogP contribution in [0.2, 0.25) is 0 Å². The fourth-order valence-electron chi connectivity index (χ4n) is 1.34. The minimum absolute atomic E-state index is 0.0519. The van der Waals surface area contributed by atoms with Gasteiger partial charge < -0.3 is 9.84 Å². The van der Waals surface area contributed by atoms with E-state index in [1.807, 2.05) is 0 Å². The van der Waals surface area contributed by atoms with Crippen LogP contribution in [-0.2, 0) is 21.4 Å². The van der Waals surface area contributed by atoms with Gasteiger partial charge in [-0.3, -0.25) is 0 Å². The molecule has 0 saturated heterocycles. The normalized spacial score (nSPS) is 13.5. The molecule has 102 valence electrons. The average Bonchev–Trinajstić information content (AvgIpc) is 2.36. The summed E-state index contributed by atoms with van der Waals surface area (Å²) < 4.78 is 31.3. The molecular formula is C11H18N2O4S. The van der Waals surface area contributed by atoms with Crippen LogP contribution in [0.25, 0.3) is 0 Å². The lowest BCUT2D eigenvalue weighted by Crippen LogP contribution is -2.33. The van der Waals surface area contributed by atoms with Crippen molar-refractivity contribution in [2.75, 3.05) is 13.7 Å². The fourth-order valence-corrected chi connectivity index (χ4v) is 2.55. The van der Waals surface area contributed by atoms with Gasteiger partial charge in [-0.05, 0) is 25.0 Å². The molecule has 0 bridgehead atoms. The monoisotopic (exact) mass is 274 g/mol. The fraction of sp³-hybridized carbons (Fsp3) is 0.545. The van der Waals surface area contributed by atoms with Crippen molar-refractivity contribution in [1.29, 1.82) is 0 Å². The minimum atomic E-state index is -3.61. The Morgan fingerprint density at radius 3 is 2.72 bits per heavy atom. The number of sulfonamides is 1. The van der Waals surface area contributed by atoms with Gasteiger partial charge in [0.2, 0.25) is 0 Å². The van der Waals surface area contributed by atoms with E-state index in [9.17, 15) is 8.42 Å². The molecule has 1 atom stereocenters. The van der Waals surface area contributed by atoms with Gasteiger partial charge in [0.15, 0.2) is 5.03 Å². The van der Waals surface area contributed by atoms with E-state index in [2.05, 4.69) is 9.71 Å². The number of pyridine rings is 1. The van der Waals surface area contributed by atoms with Gasteiger partial charge in [-0.1, -0.05) is 6.07 Å². The number of nitrogens with one attached hydrogen (secondary N) is 1. The second-order valence-corrected chi connectivity index (χ2v) is 5.63. The molecule has 0 fully saturated rings. The summed E-state index contributed by atoms with van der Waals surface area (Å²) in [7, 11) is -2.05. The maximum Gasteiger partial charge on any atom is 0.258 e. The van der Waals surface area contributed by atoms with Crippen molar-refractivity contribution in [3.8, 4) is 0 Å². The number of ether oxygens (including phenoxy) is 1. The molecule has 1 aromatic heterocycles. The molecule has 1 heterocycles. The first-order chi connectivity index (χ1) is 8.49. The summed E-state index contributed by atoms with van der Waals surface area (Å²) in [5.74, 6) is 0. The Bertz CT molecular complexity index is 458. The average molecular weight is 274 g/mol. The standard InChI is InChI=1S/C11H18N2O4S/c1-9(5-6-17-2)13-18(15,16)11-4-3-10(8-14)7-12-11/h3-4,7,9,13-14H,5-6,8H2,1-2H3. The Morgan fingerprint density at radius 2 is 2.22 bits per heavy atom. The van der Waals surface area contributed by atoms with Gasteiger partial charge >= 0.3 is 0 Å². The molecule has 1 unspecified atom stereocenters. The van der Waals surface area contributed by atoms with Crippen LogP contribution in [0.5, 0.6) is 0 Å². The minimum Gasteiger partial charge on any atom is -0.392 e. The highest BCUT2D eigenvalue weighted by molar-refractivity contribution is 7.89. The van der Waals surface area contributed by atoms with Crippen molar-refractivity contribution < 1.29 is 18.3 Å². The number of nitrogens with zero attached hydrogens (tertiary/aromatic N) is 1. The van der Waals surface area contributed by atoms with Crippen LogP contribution in [-0.4, -0.2) is 38.3 Å². The lowest BCUT2D eigenvalue weighted by atomic mass is 10.3. The van der Waals surface area contributed by atoms with Gasteiger partial charge in [0, 0.05) is 26.0 Å². The van der Waals surface area contributed by atoms with E-state index >= 15 is 0 Å². The second-order valence-electron chi connectivity index (χ2n) is 3.97. The van der Waals surface area contributed by atoms with Crippen LogP contribution in [0, 0.1) is 0 Å². The molecule has 0 aliphatic carbocycles. The highest BCUT2D eigenvalue weighted by Gasteiger charge is 2.18. The highest BCUT2D eigenvalue weighted by Crippen LogP contribution is 2.08. The number of aliphatic hydroxyl groups excluding tert-OH is 1. The molecule has 0 aliphatic heterocycles. The van der Waals surface area contributed by atoms with Crippen LogP contribution in [0.4, 0.5) is 0 Å². The smallest absolute Gasteiger partial charge is 0.258 e. The molecule has 1 rings (SSSR count). The third-order valence-electron chi connectivity index (χ3n) is 2.37. The molecule has 0 aliphatic rings. The molecule has 1 aromatic rings. The zero-order valence-electron chi connectivity index (χ0n) is 10.5. The van der Waals surface area contributed by atoms with Gasteiger partial charge in [-0.25, -0.2) is 18.1 Å². The topological polar surface area (TPSA) is 88.5 Å². The maximum absolute atomic E-state index is 11.9. The number of methoxy groups -OCH3 is 1. The Hall–Kier alpha value is -1.02. The van der Waals surface area contributed by atoms with Crippen molar-refractivity contribution in [2.45, 2.75) is 31.0 Å². The molecule has 0 saturated carbocycles. The Balaban J connectivity index is 2.73. The SMILES string of the molecule is COCCC(C)NS(=O)(=O)c1ccc(CO)cn1. The molecule has 0 spiro atoms. The molecule has 0 aromatic carbocycles. The summed E-state index contributed by atoms with van der Waals surface area (Å²) in [6.45, 7) is 2.09. The van der Waals surface area contributed by atoms with Gasteiger partial charge in [-0.15, -0.1) is 0 Å². The molecule has 0 amide bonds. The van der Waals surface area contributed by atoms with E-state index < -0.39 is 10.0 Å². The summed E-state index contributed by atoms with van der Waals surface area (Å²) in [6, 6.07) is 2.67. The van der Waals surface area contributed by atoms with E-state index in [-0.39, 0.29) is 17.7 Å². The van der Waals surface area contributed by atoms with Gasteiger partial charge in [-0.2, -0.15) is 0 Å². The van der Waals surface area contributed by atoms with E-state index in [1.54, 1.807) is 14.0 Å². The van der Waals surface area contributed by atoms with Crippen molar-refractivity contribution in [3.63, 3.8) is 0 Å². The van der Waals surface area contributed by atoms with Crippen LogP contribution in [0.15, 0.2) is 23.4 Å². The number of rotatable bonds is 7. The van der Waals surface area contributed by atoms with Crippen molar-refractivity contribution >= 4 is 10.0 Å². The van der Waals surface area contributed by atoms with E-state index in [4.69, 9.17) is 9.84 Å². The van der Waals surface area contributed by atoms with Crippen LogP contribution in [0.3, 0.4) is 0 Å². The molecule has 7 heteroatoms. The zero-order valence-corrected chi connectivity index (χ0v) is 11.3. The quantitative estimate of drug-likeness (QED) is 0.745. The Kier molecular flexibility index (Phi) is 5.67. The third-order valence-corrected chi connectivity index (χ3v) is 3.87. The summed E-state index contributed by atoms with van der Waals surface area (Å²) in [4.78, 5) is 3.81. The van der Waals surface area contributed by atoms with Crippen LogP contribution < -0.4 is 4.72 Å². The predicted molar refractivity (Wildman–Crippen MR) is 66.4 cm³/mol. The summed E-state index contributed by atoms with van der Waals surface area (Å²) in [5.41, 5.74) is 0.571. The van der Waals surface area contributed by atoms with Crippen molar-refractivity contribution in [3.05, 3.63) is 23.9 Å². The molecule has 0 radical (unpaired) electrons. The molecule has 18 heavy (non-hydrogen) atoms. The van der Waals surface area contributed by atoms with Crippen LogP contribution in [0.1, 0.15) is 18.9 Å². The van der Waals surface area contributed by atoms with E-state index in [0.29, 0.717) is 18.6 Å². The summed E-state index contributed by atoms with van der Waals surface area (Å²) in [5, 5.41) is 8.80. The van der Waals surface area contributed by atoms with Crippen LogP contribution >= 0.6 is 0 Å². The lowest BCUT2D eigenvalue weighted by Gasteiger charge is -2.13. The number of aromatic nitrogens is 1. The largest absolute Gasteiger partial charge is 0.392 e.